The topological polar surface area (TPSA) is 97.3 Å². The second-order valence-corrected chi connectivity index (χ2v) is 7.50. The second-order valence-electron chi connectivity index (χ2n) is 7.50. The lowest BCUT2D eigenvalue weighted by Crippen LogP contribution is -2.28. The Kier molecular flexibility index (Phi) is 7.09. The normalized spacial score (nSPS) is 11.1. The summed E-state index contributed by atoms with van der Waals surface area (Å²) in [5.41, 5.74) is 3.74. The largest absolute Gasteiger partial charge is 0.377 e. The van der Waals surface area contributed by atoms with Gasteiger partial charge in [-0.05, 0) is 55.0 Å². The van der Waals surface area contributed by atoms with E-state index in [1.165, 1.54) is 0 Å². The Morgan fingerprint density at radius 3 is 2.16 bits per heavy atom. The maximum absolute atomic E-state index is 13.1. The van der Waals surface area contributed by atoms with Crippen LogP contribution in [0.5, 0.6) is 0 Å². The third-order valence-electron chi connectivity index (χ3n) is 4.90. The summed E-state index contributed by atoms with van der Waals surface area (Å²) in [5.74, 6) is -0.235. The summed E-state index contributed by atoms with van der Waals surface area (Å²) in [5, 5.41) is 17.4. The van der Waals surface area contributed by atoms with Crippen LogP contribution in [0.25, 0.3) is 0 Å². The molecule has 162 valence electrons. The first-order valence-electron chi connectivity index (χ1n) is 10.1. The van der Waals surface area contributed by atoms with Crippen LogP contribution in [0.1, 0.15) is 34.5 Å². The number of benzene rings is 3. The lowest BCUT2D eigenvalue weighted by Gasteiger charge is -2.20. The number of hydrogen-bond acceptors (Lipinski definition) is 4. The Hall–Kier alpha value is -4.31. The fraction of sp³-hybridized carbons (Fsp3) is 0.160. The van der Waals surface area contributed by atoms with E-state index in [4.69, 9.17) is 5.26 Å². The van der Waals surface area contributed by atoms with Crippen molar-refractivity contribution in [3.8, 4) is 6.07 Å². The smallest absolute Gasteiger partial charge is 0.323 e. The van der Waals surface area contributed by atoms with E-state index >= 15 is 0 Å². The van der Waals surface area contributed by atoms with Crippen molar-refractivity contribution in [2.24, 2.45) is 0 Å². The van der Waals surface area contributed by atoms with Crippen LogP contribution in [0.4, 0.5) is 21.9 Å². The average Bonchev–Trinajstić information content (AvgIpc) is 2.79. The molecule has 7 heteroatoms. The molecule has 0 aliphatic heterocycles. The molecule has 3 amide bonds. The number of nitrogens with zero attached hydrogens (tertiary/aromatic N) is 2. The van der Waals surface area contributed by atoms with Gasteiger partial charge in [0.1, 0.15) is 0 Å². The quantitative estimate of drug-likeness (QED) is 0.528. The monoisotopic (exact) mass is 427 g/mol. The van der Waals surface area contributed by atoms with Gasteiger partial charge in [0.25, 0.3) is 5.91 Å². The predicted octanol–water partition coefficient (Wildman–Crippen LogP) is 4.76. The first-order valence-corrected chi connectivity index (χ1v) is 10.1. The lowest BCUT2D eigenvalue weighted by molar-refractivity contribution is 0.0940. The highest BCUT2D eigenvalue weighted by Gasteiger charge is 2.17. The van der Waals surface area contributed by atoms with Crippen LogP contribution >= 0.6 is 0 Å². The van der Waals surface area contributed by atoms with E-state index in [0.29, 0.717) is 22.5 Å². The first kappa shape index (κ1) is 22.4. The summed E-state index contributed by atoms with van der Waals surface area (Å²) in [6, 6.07) is 22.9. The van der Waals surface area contributed by atoms with Crippen molar-refractivity contribution in [1.29, 1.82) is 5.26 Å². The molecule has 0 aromatic heterocycles. The summed E-state index contributed by atoms with van der Waals surface area (Å²) in [7, 11) is 3.72. The van der Waals surface area contributed by atoms with Crippen LogP contribution < -0.4 is 20.9 Å². The van der Waals surface area contributed by atoms with E-state index in [0.717, 1.165) is 11.3 Å². The van der Waals surface area contributed by atoms with Crippen molar-refractivity contribution >= 4 is 29.0 Å². The van der Waals surface area contributed by atoms with Gasteiger partial charge in [-0.2, -0.15) is 5.26 Å². The van der Waals surface area contributed by atoms with Gasteiger partial charge in [-0.1, -0.05) is 30.3 Å². The SMILES string of the molecule is CC(NC(=O)c1cc(NC(=O)Nc2ccc(C#N)cc2)ccc1N(C)C)c1ccccc1. The second kappa shape index (κ2) is 10.1. The Bertz CT molecular complexity index is 1140. The lowest BCUT2D eigenvalue weighted by atomic mass is 10.1. The number of carbonyl (C=O) groups excluding carboxylic acids is 2. The third kappa shape index (κ3) is 5.64. The van der Waals surface area contributed by atoms with Crippen LogP contribution in [0.2, 0.25) is 0 Å². The van der Waals surface area contributed by atoms with Crippen LogP contribution in [-0.2, 0) is 0 Å². The molecule has 0 saturated heterocycles. The number of hydrogen-bond donors (Lipinski definition) is 3. The third-order valence-corrected chi connectivity index (χ3v) is 4.90. The molecule has 3 aromatic rings. The van der Waals surface area contributed by atoms with Gasteiger partial charge in [0.05, 0.1) is 23.2 Å². The summed E-state index contributed by atoms with van der Waals surface area (Å²) in [6.45, 7) is 1.93. The molecule has 3 rings (SSSR count). The molecular weight excluding hydrogens is 402 g/mol. The van der Waals surface area contributed by atoms with Crippen molar-refractivity contribution < 1.29 is 9.59 Å². The van der Waals surface area contributed by atoms with Gasteiger partial charge < -0.3 is 20.9 Å². The van der Waals surface area contributed by atoms with Crippen molar-refractivity contribution in [3.05, 3.63) is 89.5 Å². The Balaban J connectivity index is 1.75. The molecule has 3 aromatic carbocycles. The van der Waals surface area contributed by atoms with Gasteiger partial charge in [0.2, 0.25) is 0 Å². The van der Waals surface area contributed by atoms with E-state index < -0.39 is 6.03 Å². The van der Waals surface area contributed by atoms with E-state index in [9.17, 15) is 9.59 Å². The zero-order valence-corrected chi connectivity index (χ0v) is 18.2. The highest BCUT2D eigenvalue weighted by atomic mass is 16.2. The van der Waals surface area contributed by atoms with Gasteiger partial charge in [0.15, 0.2) is 0 Å². The number of amides is 3. The molecule has 3 N–H and O–H groups in total. The van der Waals surface area contributed by atoms with Crippen molar-refractivity contribution in [2.75, 3.05) is 29.6 Å². The molecule has 0 fully saturated rings. The minimum absolute atomic E-state index is 0.171. The molecule has 0 heterocycles. The summed E-state index contributed by atoms with van der Waals surface area (Å²) in [6.07, 6.45) is 0. The van der Waals surface area contributed by atoms with Crippen molar-refractivity contribution in [2.45, 2.75) is 13.0 Å². The molecule has 0 spiro atoms. The highest BCUT2D eigenvalue weighted by Crippen LogP contribution is 2.24. The van der Waals surface area contributed by atoms with Crippen LogP contribution in [0.3, 0.4) is 0 Å². The zero-order valence-electron chi connectivity index (χ0n) is 18.2. The minimum Gasteiger partial charge on any atom is -0.377 e. The van der Waals surface area contributed by atoms with Gasteiger partial charge in [-0.25, -0.2) is 4.79 Å². The predicted molar refractivity (Wildman–Crippen MR) is 127 cm³/mol. The Labute approximate surface area is 187 Å². The zero-order chi connectivity index (χ0) is 23.1. The number of nitrogens with one attached hydrogen (secondary N) is 3. The van der Waals surface area contributed by atoms with Crippen LogP contribution in [0.15, 0.2) is 72.8 Å². The molecule has 1 atom stereocenters. The fourth-order valence-corrected chi connectivity index (χ4v) is 3.21. The molecule has 7 nitrogen and oxygen atoms in total. The summed E-state index contributed by atoms with van der Waals surface area (Å²) in [4.78, 5) is 27.3. The molecule has 0 saturated carbocycles. The molecule has 0 bridgehead atoms. The van der Waals surface area contributed by atoms with Gasteiger partial charge in [0, 0.05) is 31.2 Å². The van der Waals surface area contributed by atoms with Gasteiger partial charge >= 0.3 is 6.03 Å². The standard InChI is InChI=1S/C25H25N5O2/c1-17(19-7-5-4-6-8-19)27-24(31)22-15-21(13-14-23(22)30(2)3)29-25(32)28-20-11-9-18(16-26)10-12-20/h4-15,17H,1-3H3,(H,27,31)(H2,28,29,32). The van der Waals surface area contributed by atoms with Crippen molar-refractivity contribution in [1.82, 2.24) is 5.32 Å². The minimum atomic E-state index is -0.448. The number of urea groups is 1. The molecular formula is C25H25N5O2. The van der Waals surface area contributed by atoms with E-state index in [-0.39, 0.29) is 11.9 Å². The molecule has 1 unspecified atom stereocenters. The number of nitriles is 1. The molecule has 32 heavy (non-hydrogen) atoms. The summed E-state index contributed by atoms with van der Waals surface area (Å²) < 4.78 is 0. The number of anilines is 3. The van der Waals surface area contributed by atoms with Crippen LogP contribution in [0, 0.1) is 11.3 Å². The van der Waals surface area contributed by atoms with Gasteiger partial charge in [-0.3, -0.25) is 4.79 Å². The first-order chi connectivity index (χ1) is 15.4. The van der Waals surface area contributed by atoms with E-state index in [1.54, 1.807) is 42.5 Å². The average molecular weight is 428 g/mol. The Morgan fingerprint density at radius 2 is 1.53 bits per heavy atom. The summed E-state index contributed by atoms with van der Waals surface area (Å²) >= 11 is 0. The van der Waals surface area contributed by atoms with Gasteiger partial charge in [-0.15, -0.1) is 0 Å². The maximum atomic E-state index is 13.1. The van der Waals surface area contributed by atoms with Crippen molar-refractivity contribution in [3.63, 3.8) is 0 Å². The molecule has 0 aliphatic rings. The van der Waals surface area contributed by atoms with E-state index in [1.807, 2.05) is 62.3 Å². The maximum Gasteiger partial charge on any atom is 0.323 e. The van der Waals surface area contributed by atoms with Crippen LogP contribution in [-0.4, -0.2) is 26.0 Å². The Morgan fingerprint density at radius 1 is 0.906 bits per heavy atom. The number of rotatable bonds is 6. The van der Waals surface area contributed by atoms with E-state index in [2.05, 4.69) is 16.0 Å². The fourth-order valence-electron chi connectivity index (χ4n) is 3.21. The molecule has 0 aliphatic carbocycles. The highest BCUT2D eigenvalue weighted by molar-refractivity contribution is 6.04. The molecule has 0 radical (unpaired) electrons. The number of carbonyl (C=O) groups is 2.